The molecule has 0 unspecified atom stereocenters. The fourth-order valence-corrected chi connectivity index (χ4v) is 0.698. The summed E-state index contributed by atoms with van der Waals surface area (Å²) in [5.74, 6) is 0.542. The highest BCUT2D eigenvalue weighted by Gasteiger charge is 1.97. The Hall–Kier alpha value is -1.19. The second-order valence-electron chi connectivity index (χ2n) is 1.85. The molecule has 3 N–H and O–H groups in total. The van der Waals surface area contributed by atoms with E-state index in [-0.39, 0.29) is 0 Å². The van der Waals surface area contributed by atoms with E-state index in [0.717, 1.165) is 5.69 Å². The molecule has 1 aromatic heterocycles. The highest BCUT2D eigenvalue weighted by molar-refractivity contribution is 5.59. The molecule has 0 aliphatic carbocycles. The third kappa shape index (κ3) is 0.960. The van der Waals surface area contributed by atoms with Crippen LogP contribution in [0.25, 0.3) is 0 Å². The van der Waals surface area contributed by atoms with E-state index >= 15 is 0 Å². The number of nitrogen functional groups attached to an aromatic ring is 1. The van der Waals surface area contributed by atoms with Gasteiger partial charge < -0.3 is 11.1 Å². The van der Waals surface area contributed by atoms with Crippen molar-refractivity contribution in [2.24, 2.45) is 7.05 Å². The van der Waals surface area contributed by atoms with E-state index in [2.05, 4.69) is 10.4 Å². The van der Waals surface area contributed by atoms with E-state index in [0.29, 0.717) is 5.82 Å². The van der Waals surface area contributed by atoms with Crippen molar-refractivity contribution >= 4 is 11.5 Å². The fourth-order valence-electron chi connectivity index (χ4n) is 0.698. The smallest absolute Gasteiger partial charge is 0.168 e. The number of nitrogens with two attached hydrogens (primary N) is 1. The van der Waals surface area contributed by atoms with Gasteiger partial charge in [0.2, 0.25) is 0 Å². The topological polar surface area (TPSA) is 55.9 Å². The molecule has 4 nitrogen and oxygen atoms in total. The first-order valence-electron chi connectivity index (χ1n) is 2.71. The first kappa shape index (κ1) is 5.94. The van der Waals surface area contributed by atoms with Gasteiger partial charge in [-0.15, -0.1) is 0 Å². The first-order chi connectivity index (χ1) is 4.24. The molecular formula is C5H10N4. The summed E-state index contributed by atoms with van der Waals surface area (Å²) in [7, 11) is 3.64. The van der Waals surface area contributed by atoms with Crippen LogP contribution in [-0.4, -0.2) is 16.8 Å². The van der Waals surface area contributed by atoms with Gasteiger partial charge >= 0.3 is 0 Å². The zero-order chi connectivity index (χ0) is 6.85. The zero-order valence-corrected chi connectivity index (χ0v) is 5.55. The normalized spacial score (nSPS) is 9.56. The summed E-state index contributed by atoms with van der Waals surface area (Å²) in [4.78, 5) is 0. The van der Waals surface area contributed by atoms with Crippen LogP contribution in [0.1, 0.15) is 0 Å². The average Bonchev–Trinajstić information content (AvgIpc) is 2.10. The van der Waals surface area contributed by atoms with Crippen LogP contribution in [0.2, 0.25) is 0 Å². The van der Waals surface area contributed by atoms with Crippen LogP contribution in [0.15, 0.2) is 6.20 Å². The minimum absolute atomic E-state index is 0.542. The van der Waals surface area contributed by atoms with Crippen molar-refractivity contribution in [1.29, 1.82) is 0 Å². The van der Waals surface area contributed by atoms with Crippen molar-refractivity contribution in [2.45, 2.75) is 0 Å². The highest BCUT2D eigenvalue weighted by Crippen LogP contribution is 2.12. The molecule has 9 heavy (non-hydrogen) atoms. The van der Waals surface area contributed by atoms with Gasteiger partial charge in [-0.3, -0.25) is 4.68 Å². The lowest BCUT2D eigenvalue weighted by atomic mass is 10.5. The van der Waals surface area contributed by atoms with Crippen molar-refractivity contribution in [1.82, 2.24) is 9.78 Å². The molecule has 4 heteroatoms. The van der Waals surface area contributed by atoms with Crippen LogP contribution in [0.4, 0.5) is 11.5 Å². The Morgan fingerprint density at radius 1 is 1.78 bits per heavy atom. The van der Waals surface area contributed by atoms with Crippen molar-refractivity contribution in [3.63, 3.8) is 0 Å². The number of rotatable bonds is 1. The first-order valence-corrected chi connectivity index (χ1v) is 2.71. The van der Waals surface area contributed by atoms with Crippen LogP contribution in [-0.2, 0) is 7.05 Å². The third-order valence-electron chi connectivity index (χ3n) is 1.13. The summed E-state index contributed by atoms with van der Waals surface area (Å²) < 4.78 is 1.67. The van der Waals surface area contributed by atoms with Gasteiger partial charge in [0.05, 0.1) is 5.69 Å². The maximum absolute atomic E-state index is 5.46. The summed E-state index contributed by atoms with van der Waals surface area (Å²) >= 11 is 0. The number of aromatic nitrogens is 2. The lowest BCUT2D eigenvalue weighted by Gasteiger charge is -1.90. The minimum atomic E-state index is 0.542. The number of nitrogens with one attached hydrogen (secondary N) is 1. The third-order valence-corrected chi connectivity index (χ3v) is 1.13. The van der Waals surface area contributed by atoms with Gasteiger partial charge in [0.1, 0.15) is 0 Å². The molecule has 1 aromatic rings. The van der Waals surface area contributed by atoms with Gasteiger partial charge in [-0.05, 0) is 0 Å². The predicted molar refractivity (Wildman–Crippen MR) is 37.2 cm³/mol. The molecule has 1 heterocycles. The van der Waals surface area contributed by atoms with Gasteiger partial charge in [-0.2, -0.15) is 5.10 Å². The van der Waals surface area contributed by atoms with E-state index in [1.807, 2.05) is 20.3 Å². The van der Waals surface area contributed by atoms with Crippen molar-refractivity contribution < 1.29 is 0 Å². The molecule has 0 saturated carbocycles. The Bertz CT molecular complexity index is 203. The van der Waals surface area contributed by atoms with Crippen molar-refractivity contribution in [3.8, 4) is 0 Å². The van der Waals surface area contributed by atoms with Gasteiger partial charge in [0, 0.05) is 20.3 Å². The maximum Gasteiger partial charge on any atom is 0.168 e. The van der Waals surface area contributed by atoms with Crippen molar-refractivity contribution in [2.75, 3.05) is 18.1 Å². The lowest BCUT2D eigenvalue weighted by molar-refractivity contribution is 0.772. The molecule has 0 radical (unpaired) electrons. The quantitative estimate of drug-likeness (QED) is 0.558. The molecule has 0 aliphatic heterocycles. The van der Waals surface area contributed by atoms with Crippen LogP contribution in [0.5, 0.6) is 0 Å². The molecule has 50 valence electrons. The Balaban J connectivity index is 3.01. The SMILES string of the molecule is CNc1cn(C)nc1N. The Labute approximate surface area is 53.7 Å². The molecule has 0 aliphatic rings. The standard InChI is InChI=1S/C5H10N4/c1-7-4-3-9(2)8-5(4)6/h3,7H,1-2H3,(H2,6,8). The molecule has 0 saturated heterocycles. The predicted octanol–water partition coefficient (Wildman–Crippen LogP) is 0.0440. The molecule has 0 aromatic carbocycles. The molecule has 0 fully saturated rings. The maximum atomic E-state index is 5.46. The van der Waals surface area contributed by atoms with E-state index in [1.54, 1.807) is 4.68 Å². The van der Waals surface area contributed by atoms with Gasteiger partial charge in [0.25, 0.3) is 0 Å². The zero-order valence-electron chi connectivity index (χ0n) is 5.55. The van der Waals surface area contributed by atoms with E-state index in [1.165, 1.54) is 0 Å². The number of aryl methyl sites for hydroxylation is 1. The molecule has 1 rings (SSSR count). The fraction of sp³-hybridized carbons (Fsp3) is 0.400. The van der Waals surface area contributed by atoms with Crippen LogP contribution >= 0.6 is 0 Å². The summed E-state index contributed by atoms with van der Waals surface area (Å²) in [6.07, 6.45) is 1.83. The molecule has 0 bridgehead atoms. The van der Waals surface area contributed by atoms with Crippen LogP contribution < -0.4 is 11.1 Å². The summed E-state index contributed by atoms with van der Waals surface area (Å²) in [6, 6.07) is 0. The second kappa shape index (κ2) is 1.97. The molecule has 0 amide bonds. The number of anilines is 2. The van der Waals surface area contributed by atoms with Crippen LogP contribution in [0, 0.1) is 0 Å². The van der Waals surface area contributed by atoms with Crippen LogP contribution in [0.3, 0.4) is 0 Å². The van der Waals surface area contributed by atoms with E-state index in [4.69, 9.17) is 5.73 Å². The Morgan fingerprint density at radius 2 is 2.44 bits per heavy atom. The molecule has 0 atom stereocenters. The second-order valence-corrected chi connectivity index (χ2v) is 1.85. The highest BCUT2D eigenvalue weighted by atomic mass is 15.3. The average molecular weight is 126 g/mol. The Kier molecular flexibility index (Phi) is 1.30. The number of nitrogens with zero attached hydrogens (tertiary/aromatic N) is 2. The van der Waals surface area contributed by atoms with E-state index in [9.17, 15) is 0 Å². The lowest BCUT2D eigenvalue weighted by Crippen LogP contribution is -1.92. The molecular weight excluding hydrogens is 116 g/mol. The summed E-state index contributed by atoms with van der Waals surface area (Å²) in [5.41, 5.74) is 6.33. The number of hydrogen-bond acceptors (Lipinski definition) is 3. The van der Waals surface area contributed by atoms with Crippen molar-refractivity contribution in [3.05, 3.63) is 6.20 Å². The minimum Gasteiger partial charge on any atom is -0.384 e. The largest absolute Gasteiger partial charge is 0.384 e. The van der Waals surface area contributed by atoms with Gasteiger partial charge in [0.15, 0.2) is 5.82 Å². The monoisotopic (exact) mass is 126 g/mol. The van der Waals surface area contributed by atoms with Gasteiger partial charge in [-0.1, -0.05) is 0 Å². The van der Waals surface area contributed by atoms with Gasteiger partial charge in [-0.25, -0.2) is 0 Å². The number of hydrogen-bond donors (Lipinski definition) is 2. The Morgan fingerprint density at radius 3 is 2.67 bits per heavy atom. The molecule has 0 spiro atoms. The summed E-state index contributed by atoms with van der Waals surface area (Å²) in [6.45, 7) is 0. The summed E-state index contributed by atoms with van der Waals surface area (Å²) in [5, 5.41) is 6.82. The van der Waals surface area contributed by atoms with E-state index < -0.39 is 0 Å².